The zero-order valence-electron chi connectivity index (χ0n) is 6.77. The average molecular weight is 254 g/mol. The first-order valence-electron chi connectivity index (χ1n) is 3.57. The Labute approximate surface area is 82.1 Å². The van der Waals surface area contributed by atoms with Crippen molar-refractivity contribution in [2.75, 3.05) is 0 Å². The molecule has 0 aromatic carbocycles. The van der Waals surface area contributed by atoms with Crippen LogP contribution in [0.15, 0.2) is 18.5 Å². The van der Waals surface area contributed by atoms with E-state index < -0.39 is 11.7 Å². The molecule has 1 heterocycles. The van der Waals surface area contributed by atoms with E-state index in [0.29, 0.717) is 5.56 Å². The monoisotopic (exact) mass is 253 g/mol. The van der Waals surface area contributed by atoms with Gasteiger partial charge in [-0.2, -0.15) is 13.2 Å². The van der Waals surface area contributed by atoms with E-state index in [0.717, 1.165) is 12.3 Å². The lowest BCUT2D eigenvalue weighted by atomic mass is 10.1. The molecule has 0 bridgehead atoms. The largest absolute Gasteiger partial charge is 0.417 e. The summed E-state index contributed by atoms with van der Waals surface area (Å²) in [5, 5.41) is 0. The first-order chi connectivity index (χ1) is 5.91. The average Bonchev–Trinajstić information content (AvgIpc) is 2.03. The second-order valence-corrected chi connectivity index (χ2v) is 3.99. The van der Waals surface area contributed by atoms with E-state index in [1.807, 2.05) is 0 Å². The van der Waals surface area contributed by atoms with Crippen molar-refractivity contribution in [3.05, 3.63) is 29.6 Å². The predicted molar refractivity (Wildman–Crippen MR) is 46.6 cm³/mol. The summed E-state index contributed by atoms with van der Waals surface area (Å²) in [4.78, 5) is 3.40. The van der Waals surface area contributed by atoms with Crippen molar-refractivity contribution < 1.29 is 13.2 Å². The van der Waals surface area contributed by atoms with Gasteiger partial charge in [0.25, 0.3) is 0 Å². The highest BCUT2D eigenvalue weighted by molar-refractivity contribution is 9.09. The minimum atomic E-state index is -4.31. The summed E-state index contributed by atoms with van der Waals surface area (Å²) in [6.45, 7) is 1.75. The molecule has 1 unspecified atom stereocenters. The molecular formula is C8H7BrF3N. The molecule has 1 nitrogen and oxygen atoms in total. The lowest BCUT2D eigenvalue weighted by Gasteiger charge is -2.08. The van der Waals surface area contributed by atoms with Crippen molar-refractivity contribution >= 4 is 15.9 Å². The molecule has 0 aliphatic rings. The molecule has 72 valence electrons. The minimum absolute atomic E-state index is 0.123. The second-order valence-electron chi connectivity index (χ2n) is 2.62. The summed E-state index contributed by atoms with van der Waals surface area (Å²) in [5.41, 5.74) is -0.189. The van der Waals surface area contributed by atoms with Crippen LogP contribution in [0.25, 0.3) is 0 Å². The number of halogens is 4. The van der Waals surface area contributed by atoms with Crippen molar-refractivity contribution in [1.29, 1.82) is 0 Å². The Morgan fingerprint density at radius 2 is 2.00 bits per heavy atom. The van der Waals surface area contributed by atoms with Crippen LogP contribution in [0, 0.1) is 0 Å². The molecule has 13 heavy (non-hydrogen) atoms. The lowest BCUT2D eigenvalue weighted by molar-refractivity contribution is -0.137. The SMILES string of the molecule is CC(Br)c1cncc(C(F)(F)F)c1. The second kappa shape index (κ2) is 3.65. The molecule has 0 saturated carbocycles. The van der Waals surface area contributed by atoms with Gasteiger partial charge in [0.1, 0.15) is 0 Å². The van der Waals surface area contributed by atoms with Crippen LogP contribution in [0.4, 0.5) is 13.2 Å². The third-order valence-electron chi connectivity index (χ3n) is 1.55. The topological polar surface area (TPSA) is 12.9 Å². The highest BCUT2D eigenvalue weighted by Gasteiger charge is 2.31. The van der Waals surface area contributed by atoms with Crippen LogP contribution in [0.5, 0.6) is 0 Å². The fourth-order valence-electron chi connectivity index (χ4n) is 0.830. The van der Waals surface area contributed by atoms with Gasteiger partial charge in [0.05, 0.1) is 5.56 Å². The van der Waals surface area contributed by atoms with Gasteiger partial charge >= 0.3 is 6.18 Å². The van der Waals surface area contributed by atoms with Crippen LogP contribution in [-0.2, 0) is 6.18 Å². The first-order valence-corrected chi connectivity index (χ1v) is 4.49. The van der Waals surface area contributed by atoms with Crippen LogP contribution in [0.2, 0.25) is 0 Å². The Kier molecular flexibility index (Phi) is 2.95. The molecule has 0 aliphatic heterocycles. The molecular weight excluding hydrogens is 247 g/mol. The number of rotatable bonds is 1. The standard InChI is InChI=1S/C8H7BrF3N/c1-5(9)6-2-7(4-13-3-6)8(10,11)12/h2-5H,1H3. The van der Waals surface area contributed by atoms with E-state index in [-0.39, 0.29) is 4.83 Å². The Bertz CT molecular complexity index is 296. The molecule has 0 amide bonds. The normalized spacial score (nSPS) is 14.2. The molecule has 1 atom stereocenters. The number of hydrogen-bond donors (Lipinski definition) is 0. The number of nitrogens with zero attached hydrogens (tertiary/aromatic N) is 1. The predicted octanol–water partition coefficient (Wildman–Crippen LogP) is 3.56. The fraction of sp³-hybridized carbons (Fsp3) is 0.375. The molecule has 0 N–H and O–H groups in total. The van der Waals surface area contributed by atoms with E-state index in [1.165, 1.54) is 6.20 Å². The lowest BCUT2D eigenvalue weighted by Crippen LogP contribution is -2.06. The highest BCUT2D eigenvalue weighted by atomic mass is 79.9. The van der Waals surface area contributed by atoms with E-state index in [9.17, 15) is 13.2 Å². The summed E-state index contributed by atoms with van der Waals surface area (Å²) in [6, 6.07) is 1.09. The van der Waals surface area contributed by atoms with Crippen molar-refractivity contribution in [1.82, 2.24) is 4.98 Å². The number of alkyl halides is 4. The van der Waals surface area contributed by atoms with E-state index in [2.05, 4.69) is 20.9 Å². The number of aromatic nitrogens is 1. The van der Waals surface area contributed by atoms with Gasteiger partial charge < -0.3 is 0 Å². The molecule has 0 fully saturated rings. The summed E-state index contributed by atoms with van der Waals surface area (Å²) < 4.78 is 36.5. The zero-order valence-corrected chi connectivity index (χ0v) is 8.35. The van der Waals surface area contributed by atoms with E-state index in [1.54, 1.807) is 6.92 Å². The zero-order chi connectivity index (χ0) is 10.1. The molecule has 0 saturated heterocycles. The van der Waals surface area contributed by atoms with Gasteiger partial charge in [-0.15, -0.1) is 0 Å². The molecule has 1 rings (SSSR count). The third kappa shape index (κ3) is 2.69. The minimum Gasteiger partial charge on any atom is -0.264 e. The summed E-state index contributed by atoms with van der Waals surface area (Å²) in [7, 11) is 0. The maximum Gasteiger partial charge on any atom is 0.417 e. The summed E-state index contributed by atoms with van der Waals surface area (Å²) in [5.74, 6) is 0. The number of hydrogen-bond acceptors (Lipinski definition) is 1. The van der Waals surface area contributed by atoms with Crippen LogP contribution in [-0.4, -0.2) is 4.98 Å². The van der Waals surface area contributed by atoms with Crippen LogP contribution >= 0.6 is 15.9 Å². The van der Waals surface area contributed by atoms with Crippen LogP contribution in [0.1, 0.15) is 22.9 Å². The quantitative estimate of drug-likeness (QED) is 0.698. The summed E-state index contributed by atoms with van der Waals surface area (Å²) >= 11 is 3.18. The molecule has 0 spiro atoms. The van der Waals surface area contributed by atoms with E-state index >= 15 is 0 Å². The smallest absolute Gasteiger partial charge is 0.264 e. The maximum absolute atomic E-state index is 12.2. The van der Waals surface area contributed by atoms with E-state index in [4.69, 9.17) is 0 Å². The maximum atomic E-state index is 12.2. The van der Waals surface area contributed by atoms with Gasteiger partial charge in [0.15, 0.2) is 0 Å². The van der Waals surface area contributed by atoms with Crippen molar-refractivity contribution in [2.24, 2.45) is 0 Å². The van der Waals surface area contributed by atoms with Crippen LogP contribution < -0.4 is 0 Å². The molecule has 1 aromatic heterocycles. The Balaban J connectivity index is 3.06. The number of pyridine rings is 1. The molecule has 5 heteroatoms. The summed E-state index contributed by atoms with van der Waals surface area (Å²) in [6.07, 6.45) is -2.08. The Morgan fingerprint density at radius 3 is 2.46 bits per heavy atom. The van der Waals surface area contributed by atoms with Gasteiger partial charge in [0, 0.05) is 17.2 Å². The van der Waals surface area contributed by atoms with Gasteiger partial charge in [-0.25, -0.2) is 0 Å². The molecule has 0 radical (unpaired) electrons. The van der Waals surface area contributed by atoms with Gasteiger partial charge in [-0.1, -0.05) is 15.9 Å². The fourth-order valence-corrected chi connectivity index (χ4v) is 1.08. The van der Waals surface area contributed by atoms with Crippen molar-refractivity contribution in [2.45, 2.75) is 17.9 Å². The Hall–Kier alpha value is -0.580. The third-order valence-corrected chi connectivity index (χ3v) is 2.07. The molecule has 0 aliphatic carbocycles. The van der Waals surface area contributed by atoms with Crippen molar-refractivity contribution in [3.63, 3.8) is 0 Å². The van der Waals surface area contributed by atoms with Gasteiger partial charge in [-0.3, -0.25) is 4.98 Å². The molecule has 1 aromatic rings. The van der Waals surface area contributed by atoms with Gasteiger partial charge in [-0.05, 0) is 18.6 Å². The van der Waals surface area contributed by atoms with Crippen LogP contribution in [0.3, 0.4) is 0 Å². The highest BCUT2D eigenvalue weighted by Crippen LogP contribution is 2.31. The van der Waals surface area contributed by atoms with Gasteiger partial charge in [0.2, 0.25) is 0 Å². The van der Waals surface area contributed by atoms with Crippen molar-refractivity contribution in [3.8, 4) is 0 Å². The first kappa shape index (κ1) is 10.5. The Morgan fingerprint density at radius 1 is 1.38 bits per heavy atom.